The van der Waals surface area contributed by atoms with Crippen molar-refractivity contribution in [3.05, 3.63) is 66.6 Å². The highest BCUT2D eigenvalue weighted by Crippen LogP contribution is 2.36. The van der Waals surface area contributed by atoms with Crippen LogP contribution in [0.5, 0.6) is 0 Å². The molecule has 2 fully saturated rings. The van der Waals surface area contributed by atoms with Gasteiger partial charge in [0.05, 0.1) is 6.20 Å². The molecule has 11 nitrogen and oxygen atoms in total. The van der Waals surface area contributed by atoms with E-state index in [1.54, 1.807) is 9.80 Å². The van der Waals surface area contributed by atoms with Gasteiger partial charge in [0, 0.05) is 81.3 Å². The summed E-state index contributed by atoms with van der Waals surface area (Å²) in [6.07, 6.45) is 7.15. The van der Waals surface area contributed by atoms with Gasteiger partial charge in [0.25, 0.3) is 0 Å². The second-order valence-electron chi connectivity index (χ2n) is 12.6. The van der Waals surface area contributed by atoms with Crippen molar-refractivity contribution in [2.75, 3.05) is 44.2 Å². The molecule has 0 spiro atoms. The van der Waals surface area contributed by atoms with E-state index in [1.165, 1.54) is 0 Å². The second-order valence-corrected chi connectivity index (χ2v) is 12.6. The van der Waals surface area contributed by atoms with Crippen LogP contribution in [0.2, 0.25) is 0 Å². The van der Waals surface area contributed by atoms with E-state index in [1.807, 2.05) is 75.2 Å². The highest BCUT2D eigenvalue weighted by atomic mass is 16.6. The van der Waals surface area contributed by atoms with Crippen molar-refractivity contribution in [2.45, 2.75) is 51.9 Å². The molecule has 0 radical (unpaired) electrons. The Morgan fingerprint density at radius 2 is 1.59 bits per heavy atom. The molecule has 0 saturated carbocycles. The zero-order chi connectivity index (χ0) is 30.8. The number of amides is 2. The van der Waals surface area contributed by atoms with Crippen LogP contribution in [0.25, 0.3) is 22.2 Å². The maximum absolute atomic E-state index is 12.8. The summed E-state index contributed by atoms with van der Waals surface area (Å²) in [6.45, 7) is 9.68. The zero-order valence-corrected chi connectivity index (χ0v) is 26.0. The summed E-state index contributed by atoms with van der Waals surface area (Å²) in [5.74, 6) is 0.889. The minimum atomic E-state index is -0.517. The molecule has 5 heterocycles. The maximum Gasteiger partial charge on any atom is 0.410 e. The summed E-state index contributed by atoms with van der Waals surface area (Å²) in [5.41, 5.74) is 3.51. The first-order valence-electron chi connectivity index (χ1n) is 15.3. The van der Waals surface area contributed by atoms with Gasteiger partial charge in [-0.25, -0.2) is 14.6 Å². The van der Waals surface area contributed by atoms with Gasteiger partial charge < -0.3 is 28.7 Å². The summed E-state index contributed by atoms with van der Waals surface area (Å²) in [4.78, 5) is 36.4. The van der Waals surface area contributed by atoms with Crippen molar-refractivity contribution in [2.24, 2.45) is 7.05 Å². The number of carbonyl (C=O) groups excluding carboxylic acids is 2. The van der Waals surface area contributed by atoms with Crippen LogP contribution in [0.3, 0.4) is 0 Å². The van der Waals surface area contributed by atoms with E-state index < -0.39 is 5.60 Å². The number of aromatic nitrogens is 4. The lowest BCUT2D eigenvalue weighted by Gasteiger charge is -2.36. The van der Waals surface area contributed by atoms with Crippen LogP contribution in [0.4, 0.5) is 15.4 Å². The van der Waals surface area contributed by atoms with Crippen LogP contribution < -0.4 is 4.90 Å². The van der Waals surface area contributed by atoms with Crippen molar-refractivity contribution in [1.82, 2.24) is 29.1 Å². The van der Waals surface area contributed by atoms with Crippen LogP contribution in [0, 0.1) is 0 Å². The van der Waals surface area contributed by atoms with Crippen molar-refractivity contribution < 1.29 is 19.1 Å². The molecule has 0 unspecified atom stereocenters. The average molecular weight is 600 g/mol. The fraction of sp³-hybridized carbons (Fsp3) is 0.455. The summed E-state index contributed by atoms with van der Waals surface area (Å²) < 4.78 is 15.3. The molecule has 2 saturated heterocycles. The molecule has 44 heavy (non-hydrogen) atoms. The quantitative estimate of drug-likeness (QED) is 0.300. The number of aryl methyl sites for hydroxylation is 1. The lowest BCUT2D eigenvalue weighted by molar-refractivity contribution is 0.0240. The molecule has 11 heteroatoms. The standard InChI is InChI=1S/C33H41N7O4/c1-33(2,3)44-32(42)39-18-16-37(17-19-39)29-11-10-27-28(25-20-34-36(4)21-25)22-40(30(27)35-29)26-12-14-38(15-13-26)31(41)43-23-24-8-6-5-7-9-24/h5-11,20-22,26H,12-19,23H2,1-4H3. The average Bonchev–Trinajstić information content (AvgIpc) is 3.63. The number of likely N-dealkylation sites (tertiary alicyclic amines) is 1. The van der Waals surface area contributed by atoms with E-state index in [0.717, 1.165) is 46.4 Å². The molecule has 2 aliphatic heterocycles. The summed E-state index contributed by atoms with van der Waals surface area (Å²) >= 11 is 0. The minimum Gasteiger partial charge on any atom is -0.445 e. The first-order valence-corrected chi connectivity index (χ1v) is 15.3. The number of piperidine rings is 1. The zero-order valence-electron chi connectivity index (χ0n) is 26.0. The molecule has 0 atom stereocenters. The molecule has 0 N–H and O–H groups in total. The largest absolute Gasteiger partial charge is 0.445 e. The van der Waals surface area contributed by atoms with E-state index in [9.17, 15) is 9.59 Å². The molecule has 3 aromatic heterocycles. The monoisotopic (exact) mass is 599 g/mol. The number of ether oxygens (including phenoxy) is 2. The Labute approximate surface area is 257 Å². The summed E-state index contributed by atoms with van der Waals surface area (Å²) in [7, 11) is 1.92. The lowest BCUT2D eigenvalue weighted by atomic mass is 10.1. The van der Waals surface area contributed by atoms with Gasteiger partial charge in [0.1, 0.15) is 23.7 Å². The predicted molar refractivity (Wildman–Crippen MR) is 168 cm³/mol. The predicted octanol–water partition coefficient (Wildman–Crippen LogP) is 5.47. The van der Waals surface area contributed by atoms with E-state index >= 15 is 0 Å². The van der Waals surface area contributed by atoms with Gasteiger partial charge in [0.15, 0.2) is 0 Å². The number of fused-ring (bicyclic) bond motifs is 1. The normalized spacial score (nSPS) is 16.4. The Kier molecular flexibility index (Phi) is 8.20. The number of anilines is 1. The molecular formula is C33H41N7O4. The van der Waals surface area contributed by atoms with Crippen LogP contribution in [-0.4, -0.2) is 86.2 Å². The molecule has 0 aliphatic carbocycles. The first kappa shape index (κ1) is 29.5. The first-order chi connectivity index (χ1) is 21.1. The Balaban J connectivity index is 1.18. The SMILES string of the molecule is Cn1cc(-c2cn(C3CCN(C(=O)OCc4ccccc4)CC3)c3nc(N4CCN(C(=O)OC(C)(C)C)CC4)ccc23)cn1. The molecule has 1 aromatic carbocycles. The number of rotatable bonds is 5. The second kappa shape index (κ2) is 12.2. The van der Waals surface area contributed by atoms with Crippen LogP contribution in [0.1, 0.15) is 45.2 Å². The summed E-state index contributed by atoms with van der Waals surface area (Å²) in [5, 5.41) is 5.47. The number of hydrogen-bond donors (Lipinski definition) is 0. The van der Waals surface area contributed by atoms with Gasteiger partial charge in [-0.1, -0.05) is 30.3 Å². The van der Waals surface area contributed by atoms with Crippen LogP contribution in [-0.2, 0) is 23.1 Å². The van der Waals surface area contributed by atoms with Crippen molar-refractivity contribution in [3.63, 3.8) is 0 Å². The van der Waals surface area contributed by atoms with E-state index in [4.69, 9.17) is 14.5 Å². The number of piperazine rings is 1. The van der Waals surface area contributed by atoms with Gasteiger partial charge >= 0.3 is 12.2 Å². The maximum atomic E-state index is 12.8. The van der Waals surface area contributed by atoms with Crippen LogP contribution >= 0.6 is 0 Å². The highest BCUT2D eigenvalue weighted by molar-refractivity contribution is 5.94. The molecule has 0 bridgehead atoms. The summed E-state index contributed by atoms with van der Waals surface area (Å²) in [6, 6.07) is 14.2. The van der Waals surface area contributed by atoms with Gasteiger partial charge in [-0.3, -0.25) is 4.68 Å². The molecule has 2 amide bonds. The highest BCUT2D eigenvalue weighted by Gasteiger charge is 2.29. The third-order valence-electron chi connectivity index (χ3n) is 8.26. The fourth-order valence-electron chi connectivity index (χ4n) is 5.94. The number of benzene rings is 1. The Morgan fingerprint density at radius 1 is 0.886 bits per heavy atom. The van der Waals surface area contributed by atoms with E-state index in [0.29, 0.717) is 39.3 Å². The molecule has 4 aromatic rings. The third kappa shape index (κ3) is 6.51. The Morgan fingerprint density at radius 3 is 2.25 bits per heavy atom. The number of carbonyl (C=O) groups is 2. The molecule has 6 rings (SSSR count). The van der Waals surface area contributed by atoms with Gasteiger partial charge in [-0.05, 0) is 51.3 Å². The van der Waals surface area contributed by atoms with E-state index in [2.05, 4.69) is 32.9 Å². The van der Waals surface area contributed by atoms with Crippen molar-refractivity contribution >= 4 is 29.0 Å². The molecule has 2 aliphatic rings. The topological polar surface area (TPSA) is 98.0 Å². The Hall–Kier alpha value is -4.54. The van der Waals surface area contributed by atoms with Crippen molar-refractivity contribution in [1.29, 1.82) is 0 Å². The molecular weight excluding hydrogens is 558 g/mol. The Bertz CT molecular complexity index is 1610. The van der Waals surface area contributed by atoms with Crippen LogP contribution in [0.15, 0.2) is 61.1 Å². The number of pyridine rings is 1. The number of nitrogens with zero attached hydrogens (tertiary/aromatic N) is 7. The van der Waals surface area contributed by atoms with Crippen molar-refractivity contribution in [3.8, 4) is 11.1 Å². The smallest absolute Gasteiger partial charge is 0.410 e. The molecule has 232 valence electrons. The van der Waals surface area contributed by atoms with Gasteiger partial charge in [-0.2, -0.15) is 5.10 Å². The van der Waals surface area contributed by atoms with Gasteiger partial charge in [0.2, 0.25) is 0 Å². The van der Waals surface area contributed by atoms with Gasteiger partial charge in [-0.15, -0.1) is 0 Å². The third-order valence-corrected chi connectivity index (χ3v) is 8.26. The number of hydrogen-bond acceptors (Lipinski definition) is 7. The van der Waals surface area contributed by atoms with E-state index in [-0.39, 0.29) is 24.8 Å². The lowest BCUT2D eigenvalue weighted by Crippen LogP contribution is -2.50. The fourth-order valence-corrected chi connectivity index (χ4v) is 5.94. The minimum absolute atomic E-state index is 0.188.